The molecule has 0 bridgehead atoms. The van der Waals surface area contributed by atoms with Gasteiger partial charge in [-0.2, -0.15) is 13.2 Å². The molecule has 1 aromatic heterocycles. The number of rotatable bonds is 5. The Bertz CT molecular complexity index is 807. The number of hydrogen-bond donors (Lipinski definition) is 0. The molecule has 0 aliphatic heterocycles. The van der Waals surface area contributed by atoms with Crippen molar-refractivity contribution in [3.05, 3.63) is 56.9 Å². The number of aromatic nitrogens is 1. The lowest BCUT2D eigenvalue weighted by atomic mass is 10.1. The van der Waals surface area contributed by atoms with E-state index < -0.39 is 28.1 Å². The van der Waals surface area contributed by atoms with Crippen molar-refractivity contribution in [2.75, 3.05) is 7.11 Å². The maximum absolute atomic E-state index is 13.1. The van der Waals surface area contributed by atoms with Crippen LogP contribution in [0.5, 0.6) is 11.5 Å². The molecule has 0 saturated heterocycles. The number of methoxy groups -OCH3 is 1. The van der Waals surface area contributed by atoms with Gasteiger partial charge in [-0.05, 0) is 19.9 Å². The third-order valence-corrected chi connectivity index (χ3v) is 3.59. The second-order valence-electron chi connectivity index (χ2n) is 5.27. The fourth-order valence-electron chi connectivity index (χ4n) is 2.34. The SMILES string of the molecule is COc1c(C)cnc(COc2ccc([N+](=O)[O-])cc2C(F)(F)F)c1C. The molecule has 0 radical (unpaired) electrons. The van der Waals surface area contributed by atoms with Gasteiger partial charge in [0, 0.05) is 29.5 Å². The van der Waals surface area contributed by atoms with Crippen LogP contribution in [0, 0.1) is 24.0 Å². The number of nitro groups is 1. The zero-order valence-corrected chi connectivity index (χ0v) is 13.7. The summed E-state index contributed by atoms with van der Waals surface area (Å²) < 4.78 is 49.9. The lowest BCUT2D eigenvalue weighted by molar-refractivity contribution is -0.385. The number of alkyl halides is 3. The van der Waals surface area contributed by atoms with Gasteiger partial charge in [0.2, 0.25) is 0 Å². The Morgan fingerprint density at radius 3 is 2.52 bits per heavy atom. The molecule has 134 valence electrons. The summed E-state index contributed by atoms with van der Waals surface area (Å²) in [7, 11) is 1.48. The molecule has 1 heterocycles. The first-order chi connectivity index (χ1) is 11.6. The molecular weight excluding hydrogens is 341 g/mol. The van der Waals surface area contributed by atoms with E-state index in [0.29, 0.717) is 23.1 Å². The Balaban J connectivity index is 2.34. The topological polar surface area (TPSA) is 74.5 Å². The van der Waals surface area contributed by atoms with Crippen LogP contribution in [0.3, 0.4) is 0 Å². The number of pyridine rings is 1. The van der Waals surface area contributed by atoms with E-state index in [4.69, 9.17) is 9.47 Å². The van der Waals surface area contributed by atoms with Crippen molar-refractivity contribution in [2.45, 2.75) is 26.6 Å². The van der Waals surface area contributed by atoms with Crippen molar-refractivity contribution < 1.29 is 27.6 Å². The fraction of sp³-hybridized carbons (Fsp3) is 0.312. The Morgan fingerprint density at radius 2 is 1.96 bits per heavy atom. The Labute approximate surface area is 141 Å². The quantitative estimate of drug-likeness (QED) is 0.592. The summed E-state index contributed by atoms with van der Waals surface area (Å²) in [6.07, 6.45) is -3.25. The van der Waals surface area contributed by atoms with Crippen LogP contribution in [0.15, 0.2) is 24.4 Å². The van der Waals surface area contributed by atoms with E-state index in [1.54, 1.807) is 13.8 Å². The molecule has 0 aliphatic carbocycles. The van der Waals surface area contributed by atoms with Crippen LogP contribution < -0.4 is 9.47 Å². The van der Waals surface area contributed by atoms with Crippen molar-refractivity contribution in [3.63, 3.8) is 0 Å². The normalized spacial score (nSPS) is 11.3. The molecule has 25 heavy (non-hydrogen) atoms. The second kappa shape index (κ2) is 6.96. The van der Waals surface area contributed by atoms with Crippen LogP contribution in [0.25, 0.3) is 0 Å². The van der Waals surface area contributed by atoms with Crippen LogP contribution in [-0.2, 0) is 12.8 Å². The number of nitrogens with zero attached hydrogens (tertiary/aromatic N) is 2. The number of halogens is 3. The molecule has 2 rings (SSSR count). The predicted octanol–water partition coefficient (Wildman–Crippen LogP) is 4.21. The summed E-state index contributed by atoms with van der Waals surface area (Å²) in [5, 5.41) is 10.7. The van der Waals surface area contributed by atoms with Crippen molar-refractivity contribution in [1.29, 1.82) is 0 Å². The Kier molecular flexibility index (Phi) is 5.15. The van der Waals surface area contributed by atoms with E-state index >= 15 is 0 Å². The summed E-state index contributed by atoms with van der Waals surface area (Å²) in [6.45, 7) is 3.28. The van der Waals surface area contributed by atoms with Crippen molar-refractivity contribution in [2.24, 2.45) is 0 Å². The highest BCUT2D eigenvalue weighted by Gasteiger charge is 2.36. The lowest BCUT2D eigenvalue weighted by Gasteiger charge is -2.15. The van der Waals surface area contributed by atoms with E-state index in [1.807, 2.05) is 0 Å². The van der Waals surface area contributed by atoms with Crippen molar-refractivity contribution in [1.82, 2.24) is 4.98 Å². The van der Waals surface area contributed by atoms with Gasteiger partial charge in [0.1, 0.15) is 23.7 Å². The zero-order chi connectivity index (χ0) is 18.8. The highest BCUT2D eigenvalue weighted by atomic mass is 19.4. The summed E-state index contributed by atoms with van der Waals surface area (Å²) >= 11 is 0. The number of aryl methyl sites for hydroxylation is 1. The summed E-state index contributed by atoms with van der Waals surface area (Å²) in [5.74, 6) is 0.0761. The first-order valence-corrected chi connectivity index (χ1v) is 7.12. The largest absolute Gasteiger partial charge is 0.496 e. The molecule has 9 heteroatoms. The molecule has 0 N–H and O–H groups in total. The van der Waals surface area contributed by atoms with Crippen LogP contribution in [0.1, 0.15) is 22.4 Å². The first kappa shape index (κ1) is 18.5. The number of non-ortho nitro benzene ring substituents is 1. The third-order valence-electron chi connectivity index (χ3n) is 3.59. The standard InChI is InChI=1S/C16H15F3N2O4/c1-9-7-20-13(10(2)15(9)24-3)8-25-14-5-4-11(21(22)23)6-12(14)16(17,18)19/h4-7H,8H2,1-3H3. The molecular formula is C16H15F3N2O4. The predicted molar refractivity (Wildman–Crippen MR) is 82.7 cm³/mol. The van der Waals surface area contributed by atoms with Gasteiger partial charge in [-0.1, -0.05) is 0 Å². The van der Waals surface area contributed by atoms with Crippen LogP contribution in [0.2, 0.25) is 0 Å². The molecule has 1 aromatic carbocycles. The molecule has 6 nitrogen and oxygen atoms in total. The van der Waals surface area contributed by atoms with Crippen molar-refractivity contribution in [3.8, 4) is 11.5 Å². The van der Waals surface area contributed by atoms with Gasteiger partial charge < -0.3 is 9.47 Å². The lowest BCUT2D eigenvalue weighted by Crippen LogP contribution is -2.10. The van der Waals surface area contributed by atoms with Crippen LogP contribution in [0.4, 0.5) is 18.9 Å². The highest BCUT2D eigenvalue weighted by Crippen LogP contribution is 2.38. The minimum Gasteiger partial charge on any atom is -0.496 e. The molecule has 0 spiro atoms. The maximum atomic E-state index is 13.1. The minimum absolute atomic E-state index is 0.233. The molecule has 0 fully saturated rings. The van der Waals surface area contributed by atoms with Gasteiger partial charge in [0.05, 0.1) is 17.7 Å². The third kappa shape index (κ3) is 3.98. The molecule has 2 aromatic rings. The highest BCUT2D eigenvalue weighted by molar-refractivity contribution is 5.46. The number of hydrogen-bond acceptors (Lipinski definition) is 5. The van der Waals surface area contributed by atoms with E-state index in [1.165, 1.54) is 13.3 Å². The second-order valence-corrected chi connectivity index (χ2v) is 5.27. The smallest absolute Gasteiger partial charge is 0.420 e. The number of ether oxygens (including phenoxy) is 2. The Hall–Kier alpha value is -2.84. The monoisotopic (exact) mass is 356 g/mol. The zero-order valence-electron chi connectivity index (χ0n) is 13.7. The molecule has 0 saturated carbocycles. The van der Waals surface area contributed by atoms with E-state index in [-0.39, 0.29) is 6.61 Å². The average Bonchev–Trinajstić information content (AvgIpc) is 2.53. The number of benzene rings is 1. The maximum Gasteiger partial charge on any atom is 0.420 e. The van der Waals surface area contributed by atoms with Gasteiger partial charge in [0.25, 0.3) is 5.69 Å². The molecule has 0 amide bonds. The van der Waals surface area contributed by atoms with Crippen LogP contribution in [-0.4, -0.2) is 17.0 Å². The van der Waals surface area contributed by atoms with Gasteiger partial charge >= 0.3 is 6.18 Å². The molecule has 0 atom stereocenters. The first-order valence-electron chi connectivity index (χ1n) is 7.12. The minimum atomic E-state index is -4.78. The summed E-state index contributed by atoms with van der Waals surface area (Å²) in [4.78, 5) is 13.9. The van der Waals surface area contributed by atoms with E-state index in [0.717, 1.165) is 17.7 Å². The van der Waals surface area contributed by atoms with Crippen molar-refractivity contribution >= 4 is 5.69 Å². The number of nitro benzene ring substituents is 1. The van der Waals surface area contributed by atoms with Gasteiger partial charge in [-0.15, -0.1) is 0 Å². The summed E-state index contributed by atoms with van der Waals surface area (Å²) in [5.41, 5.74) is -0.0219. The van der Waals surface area contributed by atoms with E-state index in [9.17, 15) is 23.3 Å². The average molecular weight is 356 g/mol. The molecule has 0 aliphatic rings. The Morgan fingerprint density at radius 1 is 1.28 bits per heavy atom. The molecule has 0 unspecified atom stereocenters. The summed E-state index contributed by atoms with van der Waals surface area (Å²) in [6, 6.07) is 2.34. The van der Waals surface area contributed by atoms with E-state index in [2.05, 4.69) is 4.98 Å². The van der Waals surface area contributed by atoms with Gasteiger partial charge in [-0.3, -0.25) is 15.1 Å². The fourth-order valence-corrected chi connectivity index (χ4v) is 2.34. The van der Waals surface area contributed by atoms with Gasteiger partial charge in [0.15, 0.2) is 0 Å². The van der Waals surface area contributed by atoms with Gasteiger partial charge in [-0.25, -0.2) is 0 Å². The van der Waals surface area contributed by atoms with Crippen LogP contribution >= 0.6 is 0 Å².